The Morgan fingerprint density at radius 3 is 2.70 bits per heavy atom. The standard InChI is InChI=1S/C22H33N3O2/c1-23-20(24-16-21(11-12-21)13-14-26-2)25-18-15-22(9-5-6-10-22)27-19-8-4-3-7-17(18)19/h3-4,7-8,18H,5-6,9-16H2,1-2H3,(H2,23,24,25). The maximum Gasteiger partial charge on any atom is 0.191 e. The lowest BCUT2D eigenvalue weighted by atomic mass is 9.86. The highest BCUT2D eigenvalue weighted by atomic mass is 16.5. The van der Waals surface area contributed by atoms with Crippen LogP contribution in [0, 0.1) is 5.41 Å². The Hall–Kier alpha value is -1.75. The predicted octanol–water partition coefficient (Wildman–Crippen LogP) is 3.80. The van der Waals surface area contributed by atoms with Gasteiger partial charge in [0.05, 0.1) is 6.04 Å². The summed E-state index contributed by atoms with van der Waals surface area (Å²) < 4.78 is 11.8. The van der Waals surface area contributed by atoms with Crippen LogP contribution in [0.15, 0.2) is 29.3 Å². The third-order valence-electron chi connectivity index (χ3n) is 6.67. The summed E-state index contributed by atoms with van der Waals surface area (Å²) in [6.45, 7) is 1.80. The molecule has 5 nitrogen and oxygen atoms in total. The Bertz CT molecular complexity index is 678. The van der Waals surface area contributed by atoms with Crippen molar-refractivity contribution in [2.75, 3.05) is 27.3 Å². The first-order valence-corrected chi connectivity index (χ1v) is 10.4. The molecule has 1 aromatic rings. The highest BCUT2D eigenvalue weighted by molar-refractivity contribution is 5.80. The minimum absolute atomic E-state index is 0.00104. The van der Waals surface area contributed by atoms with Crippen molar-refractivity contribution < 1.29 is 9.47 Å². The minimum Gasteiger partial charge on any atom is -0.487 e. The largest absolute Gasteiger partial charge is 0.487 e. The number of benzene rings is 1. The maximum atomic E-state index is 6.48. The van der Waals surface area contributed by atoms with Gasteiger partial charge in [0, 0.05) is 39.3 Å². The molecule has 1 aliphatic heterocycles. The van der Waals surface area contributed by atoms with Crippen molar-refractivity contribution in [3.05, 3.63) is 29.8 Å². The number of para-hydroxylation sites is 1. The molecule has 0 bridgehead atoms. The molecular formula is C22H33N3O2. The average Bonchev–Trinajstić information content (AvgIpc) is 3.34. The van der Waals surface area contributed by atoms with Gasteiger partial charge in [-0.15, -0.1) is 0 Å². The van der Waals surface area contributed by atoms with Crippen LogP contribution in [-0.2, 0) is 4.74 Å². The summed E-state index contributed by atoms with van der Waals surface area (Å²) in [4.78, 5) is 4.50. The van der Waals surface area contributed by atoms with Crippen LogP contribution in [-0.4, -0.2) is 38.9 Å². The summed E-state index contributed by atoms with van der Waals surface area (Å²) in [7, 11) is 3.64. The van der Waals surface area contributed by atoms with E-state index >= 15 is 0 Å². The lowest BCUT2D eigenvalue weighted by molar-refractivity contribution is 0.0395. The van der Waals surface area contributed by atoms with Crippen LogP contribution >= 0.6 is 0 Å². The summed E-state index contributed by atoms with van der Waals surface area (Å²) in [6, 6.07) is 8.72. The van der Waals surface area contributed by atoms with Gasteiger partial charge in [-0.25, -0.2) is 0 Å². The molecule has 4 rings (SSSR count). The zero-order chi connectivity index (χ0) is 18.7. The number of nitrogens with one attached hydrogen (secondary N) is 2. The van der Waals surface area contributed by atoms with Crippen molar-refractivity contribution in [3.63, 3.8) is 0 Å². The second-order valence-electron chi connectivity index (χ2n) is 8.60. The van der Waals surface area contributed by atoms with Gasteiger partial charge in [-0.05, 0) is 56.4 Å². The molecule has 2 N–H and O–H groups in total. The van der Waals surface area contributed by atoms with E-state index in [1.54, 1.807) is 7.11 Å². The summed E-state index contributed by atoms with van der Waals surface area (Å²) >= 11 is 0. The van der Waals surface area contributed by atoms with E-state index < -0.39 is 0 Å². The van der Waals surface area contributed by atoms with Crippen LogP contribution in [0.4, 0.5) is 0 Å². The number of methoxy groups -OCH3 is 1. The molecule has 1 atom stereocenters. The van der Waals surface area contributed by atoms with E-state index in [0.29, 0.717) is 5.41 Å². The van der Waals surface area contributed by atoms with Gasteiger partial charge >= 0.3 is 0 Å². The lowest BCUT2D eigenvalue weighted by Crippen LogP contribution is -2.47. The third-order valence-corrected chi connectivity index (χ3v) is 6.67. The molecule has 27 heavy (non-hydrogen) atoms. The van der Waals surface area contributed by atoms with Crippen LogP contribution in [0.3, 0.4) is 0 Å². The first-order chi connectivity index (χ1) is 13.2. The Kier molecular flexibility index (Phi) is 5.31. The molecule has 5 heteroatoms. The average molecular weight is 372 g/mol. The second-order valence-corrected chi connectivity index (χ2v) is 8.60. The molecule has 0 aromatic heterocycles. The number of nitrogens with zero attached hydrogens (tertiary/aromatic N) is 1. The number of hydrogen-bond acceptors (Lipinski definition) is 3. The first kappa shape index (κ1) is 18.6. The molecular weight excluding hydrogens is 338 g/mol. The fourth-order valence-corrected chi connectivity index (χ4v) is 4.71. The van der Waals surface area contributed by atoms with E-state index in [1.165, 1.54) is 31.2 Å². The van der Waals surface area contributed by atoms with Crippen LogP contribution < -0.4 is 15.4 Å². The summed E-state index contributed by atoms with van der Waals surface area (Å²) in [5.41, 5.74) is 1.65. The maximum absolute atomic E-state index is 6.48. The van der Waals surface area contributed by atoms with Gasteiger partial charge in [-0.1, -0.05) is 18.2 Å². The summed E-state index contributed by atoms with van der Waals surface area (Å²) in [6.07, 6.45) is 9.55. The molecule has 3 aliphatic rings. The Morgan fingerprint density at radius 2 is 2.00 bits per heavy atom. The molecule has 2 aliphatic carbocycles. The van der Waals surface area contributed by atoms with E-state index in [4.69, 9.17) is 9.47 Å². The first-order valence-electron chi connectivity index (χ1n) is 10.4. The Balaban J connectivity index is 1.43. The lowest BCUT2D eigenvalue weighted by Gasteiger charge is -2.40. The Morgan fingerprint density at radius 1 is 1.22 bits per heavy atom. The summed E-state index contributed by atoms with van der Waals surface area (Å²) in [5.74, 6) is 1.94. The Labute approximate surface area is 162 Å². The van der Waals surface area contributed by atoms with Gasteiger partial charge in [0.1, 0.15) is 11.4 Å². The smallest absolute Gasteiger partial charge is 0.191 e. The van der Waals surface area contributed by atoms with Crippen molar-refractivity contribution in [1.82, 2.24) is 10.6 Å². The predicted molar refractivity (Wildman–Crippen MR) is 108 cm³/mol. The monoisotopic (exact) mass is 371 g/mol. The van der Waals surface area contributed by atoms with E-state index in [9.17, 15) is 0 Å². The molecule has 148 valence electrons. The molecule has 1 unspecified atom stereocenters. The van der Waals surface area contributed by atoms with Gasteiger partial charge < -0.3 is 20.1 Å². The van der Waals surface area contributed by atoms with E-state index in [2.05, 4.69) is 39.9 Å². The van der Waals surface area contributed by atoms with Gasteiger partial charge in [0.2, 0.25) is 0 Å². The second kappa shape index (κ2) is 7.70. The van der Waals surface area contributed by atoms with Crippen molar-refractivity contribution in [2.24, 2.45) is 10.4 Å². The zero-order valence-corrected chi connectivity index (χ0v) is 16.7. The van der Waals surface area contributed by atoms with Gasteiger partial charge in [-0.2, -0.15) is 0 Å². The number of ether oxygens (including phenoxy) is 2. The number of aliphatic imine (C=N–C) groups is 1. The van der Waals surface area contributed by atoms with Crippen molar-refractivity contribution in [1.29, 1.82) is 0 Å². The number of guanidine groups is 1. The van der Waals surface area contributed by atoms with Crippen LogP contribution in [0.5, 0.6) is 5.75 Å². The van der Waals surface area contributed by atoms with Gasteiger partial charge in [0.25, 0.3) is 0 Å². The number of fused-ring (bicyclic) bond motifs is 1. The van der Waals surface area contributed by atoms with Crippen LogP contribution in [0.25, 0.3) is 0 Å². The molecule has 1 spiro atoms. The molecule has 0 amide bonds. The van der Waals surface area contributed by atoms with Gasteiger partial charge in [-0.3, -0.25) is 4.99 Å². The molecule has 1 heterocycles. The minimum atomic E-state index is 0.00104. The summed E-state index contributed by atoms with van der Waals surface area (Å²) in [5, 5.41) is 7.28. The zero-order valence-electron chi connectivity index (χ0n) is 16.7. The van der Waals surface area contributed by atoms with E-state index in [1.807, 2.05) is 7.05 Å². The van der Waals surface area contributed by atoms with E-state index in [-0.39, 0.29) is 11.6 Å². The SMILES string of the molecule is CN=C(NCC1(CCOC)CC1)NC1CC2(CCCC2)Oc2ccccc21. The fourth-order valence-electron chi connectivity index (χ4n) is 4.71. The van der Waals surface area contributed by atoms with Crippen LogP contribution in [0.2, 0.25) is 0 Å². The normalized spacial score (nSPS) is 25.0. The van der Waals surface area contributed by atoms with Gasteiger partial charge in [0.15, 0.2) is 5.96 Å². The molecule has 0 radical (unpaired) electrons. The van der Waals surface area contributed by atoms with Crippen LogP contribution in [0.1, 0.15) is 63.0 Å². The molecule has 1 aromatic carbocycles. The quantitative estimate of drug-likeness (QED) is 0.590. The fraction of sp³-hybridized carbons (Fsp3) is 0.682. The number of rotatable bonds is 6. The van der Waals surface area contributed by atoms with Crippen molar-refractivity contribution in [2.45, 2.75) is 63.0 Å². The van der Waals surface area contributed by atoms with Crippen molar-refractivity contribution in [3.8, 4) is 5.75 Å². The highest BCUT2D eigenvalue weighted by Crippen LogP contribution is 2.48. The topological polar surface area (TPSA) is 54.9 Å². The third kappa shape index (κ3) is 4.08. The number of hydrogen-bond donors (Lipinski definition) is 2. The van der Waals surface area contributed by atoms with E-state index in [0.717, 1.165) is 50.5 Å². The molecule has 0 saturated heterocycles. The van der Waals surface area contributed by atoms with Crippen molar-refractivity contribution >= 4 is 5.96 Å². The molecule has 2 fully saturated rings. The molecule has 2 saturated carbocycles. The highest BCUT2D eigenvalue weighted by Gasteiger charge is 2.44.